The Morgan fingerprint density at radius 3 is 1.81 bits per heavy atom. The second kappa shape index (κ2) is 14.3. The molecule has 0 saturated carbocycles. The minimum Gasteiger partial charge on any atom is -0.295 e. The number of para-hydroxylation sites is 3. The quantitative estimate of drug-likeness (QED) is 0.168. The van der Waals surface area contributed by atoms with Crippen LogP contribution in [0.3, 0.4) is 0 Å². The van der Waals surface area contributed by atoms with E-state index >= 15 is 0 Å². The number of hydrogen-bond acceptors (Lipinski definition) is 4. The highest BCUT2D eigenvalue weighted by Crippen LogP contribution is 2.52. The third kappa shape index (κ3) is 5.76. The van der Waals surface area contributed by atoms with Crippen molar-refractivity contribution >= 4 is 55.4 Å². The highest BCUT2D eigenvalue weighted by Gasteiger charge is 2.29. The zero-order valence-electron chi connectivity index (χ0n) is 33.9. The first-order chi connectivity index (χ1) is 31.2. The summed E-state index contributed by atoms with van der Waals surface area (Å²) in [7, 11) is 0. The number of rotatable bonds is 6. The molecule has 0 radical (unpaired) electrons. The van der Waals surface area contributed by atoms with Gasteiger partial charge in [-0.2, -0.15) is 0 Å². The highest BCUT2D eigenvalue weighted by atomic mass is 32.2. The van der Waals surface area contributed by atoms with Gasteiger partial charge in [0.05, 0.1) is 16.7 Å². The SMILES string of the molecule is c1ccc(-c2cccc(-c3nc(-c4ccc(-c5cccc6c5Sc5cccc7c8c9ccccc9n(-c9ccccc9)c8n-6c57)cc4)nc(-c4ccc5ccccc5c4)n3)c2)cc1. The Morgan fingerprint density at radius 2 is 0.984 bits per heavy atom. The molecular weight excluding hydrogens is 787 g/mol. The fourth-order valence-electron chi connectivity index (χ4n) is 9.42. The molecule has 0 bridgehead atoms. The van der Waals surface area contributed by atoms with Gasteiger partial charge in [0.1, 0.15) is 5.65 Å². The van der Waals surface area contributed by atoms with Crippen LogP contribution in [0.5, 0.6) is 0 Å². The topological polar surface area (TPSA) is 48.5 Å². The lowest BCUT2D eigenvalue weighted by molar-refractivity contribution is 1.03. The van der Waals surface area contributed by atoms with Crippen molar-refractivity contribution in [1.82, 2.24) is 24.1 Å². The van der Waals surface area contributed by atoms with E-state index in [4.69, 9.17) is 15.0 Å². The summed E-state index contributed by atoms with van der Waals surface area (Å²) in [6.07, 6.45) is 0. The van der Waals surface area contributed by atoms with Gasteiger partial charge in [-0.1, -0.05) is 182 Å². The Kier molecular flexibility index (Phi) is 8.08. The fourth-order valence-corrected chi connectivity index (χ4v) is 10.6. The molecule has 1 aliphatic rings. The van der Waals surface area contributed by atoms with Crippen LogP contribution < -0.4 is 0 Å². The van der Waals surface area contributed by atoms with Crippen molar-refractivity contribution in [3.63, 3.8) is 0 Å². The Hall–Kier alpha value is -8.06. The van der Waals surface area contributed by atoms with Crippen molar-refractivity contribution in [2.24, 2.45) is 0 Å². The van der Waals surface area contributed by atoms with Crippen LogP contribution in [0.4, 0.5) is 0 Å². The lowest BCUT2D eigenvalue weighted by Crippen LogP contribution is -2.06. The average molecular weight is 822 g/mol. The lowest BCUT2D eigenvalue weighted by Gasteiger charge is -2.23. The molecule has 0 fully saturated rings. The molecule has 12 aromatic rings. The van der Waals surface area contributed by atoms with E-state index in [-0.39, 0.29) is 0 Å². The second-order valence-corrected chi connectivity index (χ2v) is 17.1. The molecule has 0 atom stereocenters. The van der Waals surface area contributed by atoms with Gasteiger partial charge in [-0.15, -0.1) is 0 Å². The third-order valence-corrected chi connectivity index (χ3v) is 13.5. The molecule has 5 nitrogen and oxygen atoms in total. The van der Waals surface area contributed by atoms with Crippen LogP contribution in [0.15, 0.2) is 222 Å². The van der Waals surface area contributed by atoms with Crippen LogP contribution in [0.25, 0.3) is 111 Å². The van der Waals surface area contributed by atoms with Crippen molar-refractivity contribution in [2.45, 2.75) is 9.79 Å². The van der Waals surface area contributed by atoms with Crippen molar-refractivity contribution in [2.75, 3.05) is 0 Å². The van der Waals surface area contributed by atoms with E-state index in [0.717, 1.165) is 44.5 Å². The van der Waals surface area contributed by atoms with Crippen molar-refractivity contribution in [3.05, 3.63) is 212 Å². The first-order valence-corrected chi connectivity index (χ1v) is 22.0. The lowest BCUT2D eigenvalue weighted by atomic mass is 10.0. The summed E-state index contributed by atoms with van der Waals surface area (Å²) in [5.74, 6) is 1.90. The van der Waals surface area contributed by atoms with E-state index in [2.05, 4.69) is 215 Å². The summed E-state index contributed by atoms with van der Waals surface area (Å²) in [6.45, 7) is 0. The summed E-state index contributed by atoms with van der Waals surface area (Å²) in [5, 5.41) is 6.12. The summed E-state index contributed by atoms with van der Waals surface area (Å²) >= 11 is 1.86. The number of nitrogens with zero attached hydrogens (tertiary/aromatic N) is 5. The van der Waals surface area contributed by atoms with E-state index in [1.54, 1.807) is 0 Å². The number of aromatic nitrogens is 5. The zero-order chi connectivity index (χ0) is 41.4. The molecule has 0 unspecified atom stereocenters. The molecule has 13 rings (SSSR count). The maximum absolute atomic E-state index is 5.16. The van der Waals surface area contributed by atoms with Gasteiger partial charge in [0.25, 0.3) is 0 Å². The maximum atomic E-state index is 5.16. The number of fused-ring (bicyclic) bond motifs is 8. The standard InChI is InChI=1S/C57H35N5S/c1-3-14-36(15-4-1)41-18-11-19-42(34-41)55-58-54(59-56(60-55)43-33-28-37-16-7-8-17-40(37)35-43)39-31-29-38(30-32-39)45-23-12-26-49-53(45)63-50-27-13-24-47-51-46-22-9-10-25-48(46)61(44-20-5-2-6-21-44)57(51)62(49)52(47)50/h1-35H. The molecular formula is C57H35N5S. The monoisotopic (exact) mass is 821 g/mol. The van der Waals surface area contributed by atoms with Gasteiger partial charge < -0.3 is 0 Å². The minimum atomic E-state index is 0.629. The highest BCUT2D eigenvalue weighted by molar-refractivity contribution is 8.00. The van der Waals surface area contributed by atoms with Crippen molar-refractivity contribution in [3.8, 4) is 67.8 Å². The summed E-state index contributed by atoms with van der Waals surface area (Å²) < 4.78 is 4.94. The molecule has 294 valence electrons. The number of hydrogen-bond donors (Lipinski definition) is 0. The molecule has 1 aliphatic heterocycles. The van der Waals surface area contributed by atoms with E-state index in [1.807, 2.05) is 17.8 Å². The van der Waals surface area contributed by atoms with Crippen LogP contribution in [0.1, 0.15) is 0 Å². The van der Waals surface area contributed by atoms with Gasteiger partial charge in [0.2, 0.25) is 0 Å². The minimum absolute atomic E-state index is 0.629. The first-order valence-electron chi connectivity index (χ1n) is 21.2. The van der Waals surface area contributed by atoms with Crippen LogP contribution in [-0.2, 0) is 0 Å². The molecule has 63 heavy (non-hydrogen) atoms. The van der Waals surface area contributed by atoms with Gasteiger partial charge in [-0.3, -0.25) is 9.13 Å². The van der Waals surface area contributed by atoms with E-state index in [1.165, 1.54) is 59.3 Å². The molecule has 3 aromatic heterocycles. The van der Waals surface area contributed by atoms with Crippen LogP contribution >= 0.6 is 11.8 Å². The summed E-state index contributed by atoms with van der Waals surface area (Å²) in [5.41, 5.74) is 13.3. The van der Waals surface area contributed by atoms with Gasteiger partial charge in [0.15, 0.2) is 17.5 Å². The van der Waals surface area contributed by atoms with Gasteiger partial charge in [-0.25, -0.2) is 15.0 Å². The zero-order valence-corrected chi connectivity index (χ0v) is 34.7. The Balaban J connectivity index is 0.950. The normalized spacial score (nSPS) is 12.1. The third-order valence-electron chi connectivity index (χ3n) is 12.3. The summed E-state index contributed by atoms with van der Waals surface area (Å²) in [6, 6.07) is 75.4. The average Bonchev–Trinajstić information content (AvgIpc) is 3.88. The van der Waals surface area contributed by atoms with Crippen LogP contribution in [0.2, 0.25) is 0 Å². The Labute approximate surface area is 367 Å². The molecule has 0 amide bonds. The number of benzene rings is 9. The molecule has 0 N–H and O–H groups in total. The first kappa shape index (κ1) is 35.7. The Bertz CT molecular complexity index is 3760. The second-order valence-electron chi connectivity index (χ2n) is 16.0. The molecule has 9 aromatic carbocycles. The van der Waals surface area contributed by atoms with Crippen molar-refractivity contribution in [1.29, 1.82) is 0 Å². The van der Waals surface area contributed by atoms with Gasteiger partial charge >= 0.3 is 0 Å². The maximum Gasteiger partial charge on any atom is 0.164 e. The fraction of sp³-hybridized carbons (Fsp3) is 0. The molecule has 0 saturated heterocycles. The molecule has 4 heterocycles. The van der Waals surface area contributed by atoms with Crippen molar-refractivity contribution < 1.29 is 0 Å². The smallest absolute Gasteiger partial charge is 0.164 e. The predicted molar refractivity (Wildman–Crippen MR) is 260 cm³/mol. The van der Waals surface area contributed by atoms with Crippen LogP contribution in [-0.4, -0.2) is 24.1 Å². The molecule has 0 spiro atoms. The van der Waals surface area contributed by atoms with Crippen LogP contribution in [0, 0.1) is 0 Å². The van der Waals surface area contributed by atoms with Gasteiger partial charge in [-0.05, 0) is 75.5 Å². The summed E-state index contributed by atoms with van der Waals surface area (Å²) in [4.78, 5) is 17.9. The van der Waals surface area contributed by atoms with E-state index in [0.29, 0.717) is 17.5 Å². The molecule has 6 heteroatoms. The Morgan fingerprint density at radius 1 is 0.381 bits per heavy atom. The largest absolute Gasteiger partial charge is 0.295 e. The molecule has 0 aliphatic carbocycles. The van der Waals surface area contributed by atoms with E-state index < -0.39 is 0 Å². The van der Waals surface area contributed by atoms with E-state index in [9.17, 15) is 0 Å². The predicted octanol–water partition coefficient (Wildman–Crippen LogP) is 14.9. The van der Waals surface area contributed by atoms with Gasteiger partial charge in [0, 0.05) is 48.3 Å².